The lowest BCUT2D eigenvalue weighted by molar-refractivity contribution is 1.03. The number of rotatable bonds is 5. The lowest BCUT2D eigenvalue weighted by Gasteiger charge is -2.10. The van der Waals surface area contributed by atoms with Gasteiger partial charge in [-0.3, -0.25) is 0 Å². The first kappa shape index (κ1) is 11.8. The van der Waals surface area contributed by atoms with Gasteiger partial charge in [0, 0.05) is 23.7 Å². The summed E-state index contributed by atoms with van der Waals surface area (Å²) in [6.45, 7) is 5.59. The van der Waals surface area contributed by atoms with Crippen LogP contribution in [0.5, 0.6) is 0 Å². The third kappa shape index (κ3) is 2.91. The van der Waals surface area contributed by atoms with Gasteiger partial charge in [0.1, 0.15) is 23.0 Å². The first-order chi connectivity index (χ1) is 8.31. The zero-order valence-electron chi connectivity index (χ0n) is 9.90. The van der Waals surface area contributed by atoms with Crippen molar-refractivity contribution < 1.29 is 0 Å². The molecule has 0 atom stereocenters. The number of hydrogen-bond acceptors (Lipinski definition) is 6. The predicted octanol–water partition coefficient (Wildman–Crippen LogP) is 2.29. The molecule has 0 saturated heterocycles. The molecule has 0 aliphatic heterocycles. The van der Waals surface area contributed by atoms with Crippen LogP contribution in [0.2, 0.25) is 0 Å². The first-order valence-corrected chi connectivity index (χ1v) is 6.37. The quantitative estimate of drug-likeness (QED) is 0.851. The van der Waals surface area contributed by atoms with Crippen molar-refractivity contribution in [3.05, 3.63) is 28.5 Å². The van der Waals surface area contributed by atoms with E-state index in [1.807, 2.05) is 19.2 Å². The Morgan fingerprint density at radius 1 is 1.18 bits per heavy atom. The molecule has 0 aliphatic carbocycles. The number of aromatic nitrogens is 3. The van der Waals surface area contributed by atoms with Gasteiger partial charge in [-0.15, -0.1) is 11.3 Å². The lowest BCUT2D eigenvalue weighted by Crippen LogP contribution is -2.07. The molecule has 0 amide bonds. The summed E-state index contributed by atoms with van der Waals surface area (Å²) in [7, 11) is 0. The SMILES string of the molecule is CCNc1ncnc(NCc2nccs2)c1C. The average molecular weight is 249 g/mol. The summed E-state index contributed by atoms with van der Waals surface area (Å²) in [5, 5.41) is 9.49. The fourth-order valence-corrected chi connectivity index (χ4v) is 2.03. The Morgan fingerprint density at radius 3 is 2.59 bits per heavy atom. The summed E-state index contributed by atoms with van der Waals surface area (Å²) >= 11 is 1.63. The molecule has 90 valence electrons. The van der Waals surface area contributed by atoms with Crippen LogP contribution >= 0.6 is 11.3 Å². The van der Waals surface area contributed by atoms with E-state index in [1.54, 1.807) is 23.9 Å². The van der Waals surface area contributed by atoms with Crippen molar-refractivity contribution in [3.63, 3.8) is 0 Å². The van der Waals surface area contributed by atoms with Crippen LogP contribution in [0.15, 0.2) is 17.9 Å². The highest BCUT2D eigenvalue weighted by atomic mass is 32.1. The van der Waals surface area contributed by atoms with Crippen LogP contribution in [-0.4, -0.2) is 21.5 Å². The van der Waals surface area contributed by atoms with E-state index in [0.717, 1.165) is 28.8 Å². The summed E-state index contributed by atoms with van der Waals surface area (Å²) in [5.74, 6) is 1.73. The first-order valence-electron chi connectivity index (χ1n) is 5.49. The maximum Gasteiger partial charge on any atom is 0.134 e. The second-order valence-electron chi connectivity index (χ2n) is 3.51. The second kappa shape index (κ2) is 5.58. The molecule has 2 N–H and O–H groups in total. The van der Waals surface area contributed by atoms with Gasteiger partial charge in [-0.1, -0.05) is 0 Å². The summed E-state index contributed by atoms with van der Waals surface area (Å²) in [6, 6.07) is 0. The number of hydrogen-bond donors (Lipinski definition) is 2. The van der Waals surface area contributed by atoms with Crippen LogP contribution in [0.1, 0.15) is 17.5 Å². The maximum atomic E-state index is 4.24. The van der Waals surface area contributed by atoms with E-state index in [0.29, 0.717) is 6.54 Å². The second-order valence-corrected chi connectivity index (χ2v) is 4.48. The van der Waals surface area contributed by atoms with E-state index in [-0.39, 0.29) is 0 Å². The van der Waals surface area contributed by atoms with Crippen molar-refractivity contribution in [1.29, 1.82) is 0 Å². The van der Waals surface area contributed by atoms with Gasteiger partial charge in [0.05, 0.1) is 6.54 Å². The fraction of sp³-hybridized carbons (Fsp3) is 0.364. The molecule has 0 aliphatic rings. The standard InChI is InChI=1S/C11H15N5S/c1-3-12-10-8(2)11(16-7-15-10)14-6-9-13-4-5-17-9/h4-5,7H,3,6H2,1-2H3,(H2,12,14,15,16). The minimum absolute atomic E-state index is 0.696. The third-order valence-electron chi connectivity index (χ3n) is 2.32. The van der Waals surface area contributed by atoms with Gasteiger partial charge in [0.2, 0.25) is 0 Å². The monoisotopic (exact) mass is 249 g/mol. The molecule has 0 spiro atoms. The Balaban J connectivity index is 2.07. The van der Waals surface area contributed by atoms with Gasteiger partial charge in [-0.05, 0) is 13.8 Å². The molecule has 2 aromatic rings. The molecule has 0 radical (unpaired) electrons. The van der Waals surface area contributed by atoms with Gasteiger partial charge < -0.3 is 10.6 Å². The zero-order valence-corrected chi connectivity index (χ0v) is 10.7. The van der Waals surface area contributed by atoms with Crippen molar-refractivity contribution in [2.45, 2.75) is 20.4 Å². The molecule has 17 heavy (non-hydrogen) atoms. The average Bonchev–Trinajstić information content (AvgIpc) is 2.83. The zero-order chi connectivity index (χ0) is 12.1. The number of nitrogens with zero attached hydrogens (tertiary/aromatic N) is 3. The molecule has 0 aromatic carbocycles. The Labute approximate surface area is 104 Å². The van der Waals surface area contributed by atoms with Crippen LogP contribution in [-0.2, 0) is 6.54 Å². The van der Waals surface area contributed by atoms with Crippen LogP contribution < -0.4 is 10.6 Å². The van der Waals surface area contributed by atoms with Crippen molar-refractivity contribution in [2.24, 2.45) is 0 Å². The third-order valence-corrected chi connectivity index (χ3v) is 3.10. The molecule has 2 aromatic heterocycles. The van der Waals surface area contributed by atoms with Crippen LogP contribution in [0, 0.1) is 6.92 Å². The molecule has 0 unspecified atom stereocenters. The molecular weight excluding hydrogens is 234 g/mol. The van der Waals surface area contributed by atoms with Gasteiger partial charge >= 0.3 is 0 Å². The predicted molar refractivity (Wildman–Crippen MR) is 70.4 cm³/mol. The van der Waals surface area contributed by atoms with E-state index in [2.05, 4.69) is 25.6 Å². The Morgan fingerprint density at radius 2 is 1.94 bits per heavy atom. The van der Waals surface area contributed by atoms with Crippen LogP contribution in [0.25, 0.3) is 0 Å². The number of thiazole rings is 1. The lowest BCUT2D eigenvalue weighted by atomic mass is 10.3. The molecule has 0 saturated carbocycles. The van der Waals surface area contributed by atoms with E-state index < -0.39 is 0 Å². The highest BCUT2D eigenvalue weighted by Gasteiger charge is 2.06. The van der Waals surface area contributed by atoms with Gasteiger partial charge in [0.15, 0.2) is 0 Å². The normalized spacial score (nSPS) is 10.2. The molecular formula is C11H15N5S. The van der Waals surface area contributed by atoms with Crippen molar-refractivity contribution in [2.75, 3.05) is 17.2 Å². The molecule has 0 bridgehead atoms. The summed E-state index contributed by atoms with van der Waals surface area (Å²) < 4.78 is 0. The van der Waals surface area contributed by atoms with E-state index in [1.165, 1.54) is 0 Å². The van der Waals surface area contributed by atoms with Crippen LogP contribution in [0.3, 0.4) is 0 Å². The topological polar surface area (TPSA) is 62.7 Å². The summed E-state index contributed by atoms with van der Waals surface area (Å²) in [6.07, 6.45) is 3.37. The van der Waals surface area contributed by atoms with Crippen LogP contribution in [0.4, 0.5) is 11.6 Å². The summed E-state index contributed by atoms with van der Waals surface area (Å²) in [4.78, 5) is 12.7. The Hall–Kier alpha value is -1.69. The van der Waals surface area contributed by atoms with E-state index in [9.17, 15) is 0 Å². The molecule has 2 heterocycles. The van der Waals surface area contributed by atoms with Gasteiger partial charge in [0.25, 0.3) is 0 Å². The smallest absolute Gasteiger partial charge is 0.134 e. The fourth-order valence-electron chi connectivity index (χ4n) is 1.47. The number of anilines is 2. The minimum atomic E-state index is 0.696. The van der Waals surface area contributed by atoms with E-state index in [4.69, 9.17) is 0 Å². The highest BCUT2D eigenvalue weighted by molar-refractivity contribution is 7.09. The molecule has 2 rings (SSSR count). The minimum Gasteiger partial charge on any atom is -0.370 e. The van der Waals surface area contributed by atoms with Crippen molar-refractivity contribution in [3.8, 4) is 0 Å². The van der Waals surface area contributed by atoms with Gasteiger partial charge in [-0.2, -0.15) is 0 Å². The molecule has 6 heteroatoms. The van der Waals surface area contributed by atoms with Crippen molar-refractivity contribution in [1.82, 2.24) is 15.0 Å². The Bertz CT molecular complexity index is 469. The van der Waals surface area contributed by atoms with Crippen molar-refractivity contribution >= 4 is 23.0 Å². The van der Waals surface area contributed by atoms with E-state index >= 15 is 0 Å². The number of nitrogens with one attached hydrogen (secondary N) is 2. The maximum absolute atomic E-state index is 4.24. The van der Waals surface area contributed by atoms with Gasteiger partial charge in [-0.25, -0.2) is 15.0 Å². The Kier molecular flexibility index (Phi) is 3.87. The molecule has 5 nitrogen and oxygen atoms in total. The summed E-state index contributed by atoms with van der Waals surface area (Å²) in [5.41, 5.74) is 1.03. The highest BCUT2D eigenvalue weighted by Crippen LogP contribution is 2.18. The largest absolute Gasteiger partial charge is 0.370 e. The molecule has 0 fully saturated rings.